The largest absolute Gasteiger partial charge is 0.476 e. The lowest BCUT2D eigenvalue weighted by Crippen LogP contribution is -2.12. The van der Waals surface area contributed by atoms with Crippen LogP contribution in [0, 0.1) is 6.92 Å². The molecule has 0 unspecified atom stereocenters. The maximum absolute atomic E-state index is 5.75. The summed E-state index contributed by atoms with van der Waals surface area (Å²) < 4.78 is 16.0. The van der Waals surface area contributed by atoms with Crippen molar-refractivity contribution < 1.29 is 14.2 Å². The van der Waals surface area contributed by atoms with Crippen molar-refractivity contribution in [2.45, 2.75) is 26.7 Å². The van der Waals surface area contributed by atoms with Crippen molar-refractivity contribution in [1.82, 2.24) is 9.97 Å². The predicted molar refractivity (Wildman–Crippen MR) is 119 cm³/mol. The standard InChI is InChI=1S/C21H32N6O3/c1-5-30-20-18(27-26-17-10-8-16(2)9-11-17)19(22-12-6-14-28-3)24-21(25-20)23-13-7-15-29-4/h8-11H,5-7,12-15H2,1-4H3,(H2,22,23,24,25). The normalized spacial score (nSPS) is 11.1. The molecule has 2 aromatic rings. The van der Waals surface area contributed by atoms with Gasteiger partial charge in [0.2, 0.25) is 11.8 Å². The first-order valence-corrected chi connectivity index (χ1v) is 10.2. The van der Waals surface area contributed by atoms with E-state index in [1.54, 1.807) is 14.2 Å². The lowest BCUT2D eigenvalue weighted by molar-refractivity contribution is 0.197. The van der Waals surface area contributed by atoms with Gasteiger partial charge in [0.05, 0.1) is 12.3 Å². The molecule has 0 radical (unpaired) electrons. The number of anilines is 2. The second-order valence-corrected chi connectivity index (χ2v) is 6.56. The predicted octanol–water partition coefficient (Wildman–Crippen LogP) is 4.50. The molecule has 9 nitrogen and oxygen atoms in total. The van der Waals surface area contributed by atoms with Crippen molar-refractivity contribution in [3.8, 4) is 5.88 Å². The Morgan fingerprint density at radius 3 is 2.20 bits per heavy atom. The van der Waals surface area contributed by atoms with Crippen LogP contribution in [0.4, 0.5) is 23.1 Å². The van der Waals surface area contributed by atoms with Crippen LogP contribution < -0.4 is 15.4 Å². The monoisotopic (exact) mass is 416 g/mol. The Morgan fingerprint density at radius 2 is 1.57 bits per heavy atom. The number of methoxy groups -OCH3 is 2. The second-order valence-electron chi connectivity index (χ2n) is 6.56. The van der Waals surface area contributed by atoms with Gasteiger partial charge in [-0.1, -0.05) is 17.7 Å². The van der Waals surface area contributed by atoms with Crippen molar-refractivity contribution in [2.24, 2.45) is 10.2 Å². The third-order valence-electron chi connectivity index (χ3n) is 4.06. The Kier molecular flexibility index (Phi) is 10.5. The van der Waals surface area contributed by atoms with E-state index in [0.717, 1.165) is 24.1 Å². The first kappa shape index (κ1) is 23.5. The Bertz CT molecular complexity index is 783. The number of hydrogen-bond donors (Lipinski definition) is 2. The van der Waals surface area contributed by atoms with Gasteiger partial charge in [0, 0.05) is 40.5 Å². The Balaban J connectivity index is 2.29. The molecule has 9 heteroatoms. The molecule has 0 aliphatic carbocycles. The summed E-state index contributed by atoms with van der Waals surface area (Å²) in [6.45, 7) is 7.06. The van der Waals surface area contributed by atoms with E-state index in [-0.39, 0.29) is 0 Å². The van der Waals surface area contributed by atoms with E-state index in [0.29, 0.717) is 56.2 Å². The number of nitrogens with one attached hydrogen (secondary N) is 2. The van der Waals surface area contributed by atoms with Crippen LogP contribution >= 0.6 is 0 Å². The molecule has 164 valence electrons. The van der Waals surface area contributed by atoms with Gasteiger partial charge in [-0.3, -0.25) is 0 Å². The SMILES string of the molecule is CCOc1nc(NCCCOC)nc(NCCCOC)c1N=Nc1ccc(C)cc1. The molecule has 0 aliphatic heterocycles. The third kappa shape index (κ3) is 7.92. The van der Waals surface area contributed by atoms with Crippen LogP contribution in [-0.2, 0) is 9.47 Å². The number of ether oxygens (including phenoxy) is 3. The highest BCUT2D eigenvalue weighted by Gasteiger charge is 2.16. The zero-order valence-electron chi connectivity index (χ0n) is 18.3. The molecule has 0 saturated heterocycles. The van der Waals surface area contributed by atoms with E-state index >= 15 is 0 Å². The quantitative estimate of drug-likeness (QED) is 0.345. The molecule has 30 heavy (non-hydrogen) atoms. The van der Waals surface area contributed by atoms with Gasteiger partial charge in [-0.25, -0.2) is 0 Å². The van der Waals surface area contributed by atoms with Gasteiger partial charge < -0.3 is 24.8 Å². The van der Waals surface area contributed by atoms with Gasteiger partial charge in [-0.2, -0.15) is 15.1 Å². The van der Waals surface area contributed by atoms with E-state index in [1.165, 1.54) is 0 Å². The summed E-state index contributed by atoms with van der Waals surface area (Å²) in [5.41, 5.74) is 2.38. The molecule has 0 bridgehead atoms. The number of rotatable bonds is 14. The van der Waals surface area contributed by atoms with Gasteiger partial charge in [0.1, 0.15) is 0 Å². The van der Waals surface area contributed by atoms with Gasteiger partial charge in [-0.05, 0) is 38.8 Å². The minimum absolute atomic E-state index is 0.381. The molecule has 1 heterocycles. The van der Waals surface area contributed by atoms with E-state index < -0.39 is 0 Å². The number of nitrogens with zero attached hydrogens (tertiary/aromatic N) is 4. The number of hydrogen-bond acceptors (Lipinski definition) is 9. The molecule has 1 aromatic carbocycles. The first-order valence-electron chi connectivity index (χ1n) is 10.2. The van der Waals surface area contributed by atoms with Crippen molar-refractivity contribution >= 4 is 23.1 Å². The summed E-state index contributed by atoms with van der Waals surface area (Å²) in [5, 5.41) is 15.3. The fraction of sp³-hybridized carbons (Fsp3) is 0.524. The molecule has 0 fully saturated rings. The highest BCUT2D eigenvalue weighted by atomic mass is 16.5. The second kappa shape index (κ2) is 13.4. The lowest BCUT2D eigenvalue weighted by Gasteiger charge is -2.14. The molecule has 0 atom stereocenters. The first-order chi connectivity index (χ1) is 14.7. The number of azo groups is 1. The zero-order chi connectivity index (χ0) is 21.6. The highest BCUT2D eigenvalue weighted by Crippen LogP contribution is 2.35. The summed E-state index contributed by atoms with van der Waals surface area (Å²) in [6, 6.07) is 7.81. The van der Waals surface area contributed by atoms with Crippen molar-refractivity contribution in [3.63, 3.8) is 0 Å². The third-order valence-corrected chi connectivity index (χ3v) is 4.06. The van der Waals surface area contributed by atoms with Crippen molar-refractivity contribution in [1.29, 1.82) is 0 Å². The number of aryl methyl sites for hydroxylation is 1. The van der Waals surface area contributed by atoms with E-state index in [9.17, 15) is 0 Å². The molecule has 1 aromatic heterocycles. The Hall–Kier alpha value is -2.78. The van der Waals surface area contributed by atoms with Crippen LogP contribution in [0.25, 0.3) is 0 Å². The highest BCUT2D eigenvalue weighted by molar-refractivity contribution is 5.68. The summed E-state index contributed by atoms with van der Waals surface area (Å²) in [5.74, 6) is 1.42. The van der Waals surface area contributed by atoms with E-state index in [1.807, 2.05) is 38.1 Å². The van der Waals surface area contributed by atoms with Crippen LogP contribution in [0.2, 0.25) is 0 Å². The van der Waals surface area contributed by atoms with Crippen LogP contribution in [0.1, 0.15) is 25.3 Å². The molecule has 0 spiro atoms. The molecule has 0 saturated carbocycles. The Labute approximate surface area is 178 Å². The minimum atomic E-state index is 0.381. The van der Waals surface area contributed by atoms with Crippen molar-refractivity contribution in [3.05, 3.63) is 29.8 Å². The van der Waals surface area contributed by atoms with Gasteiger partial charge in [0.25, 0.3) is 0 Å². The topological polar surface area (TPSA) is 102 Å². The Morgan fingerprint density at radius 1 is 0.900 bits per heavy atom. The van der Waals surface area contributed by atoms with Crippen LogP contribution in [-0.4, -0.2) is 57.1 Å². The van der Waals surface area contributed by atoms with Gasteiger partial charge >= 0.3 is 0 Å². The molecule has 0 amide bonds. The summed E-state index contributed by atoms with van der Waals surface area (Å²) in [4.78, 5) is 9.08. The van der Waals surface area contributed by atoms with Gasteiger partial charge in [0.15, 0.2) is 11.5 Å². The molecular weight excluding hydrogens is 384 g/mol. The fourth-order valence-corrected chi connectivity index (χ4v) is 2.52. The molecular formula is C21H32N6O3. The minimum Gasteiger partial charge on any atom is -0.476 e. The summed E-state index contributed by atoms with van der Waals surface area (Å²) >= 11 is 0. The average Bonchev–Trinajstić information content (AvgIpc) is 2.75. The summed E-state index contributed by atoms with van der Waals surface area (Å²) in [7, 11) is 3.36. The molecule has 0 aliphatic rings. The van der Waals surface area contributed by atoms with Crippen LogP contribution in [0.5, 0.6) is 5.88 Å². The van der Waals surface area contributed by atoms with E-state index in [4.69, 9.17) is 14.2 Å². The van der Waals surface area contributed by atoms with Crippen LogP contribution in [0.3, 0.4) is 0 Å². The van der Waals surface area contributed by atoms with Crippen LogP contribution in [0.15, 0.2) is 34.5 Å². The maximum Gasteiger partial charge on any atom is 0.249 e. The zero-order valence-corrected chi connectivity index (χ0v) is 18.3. The number of aromatic nitrogens is 2. The summed E-state index contributed by atoms with van der Waals surface area (Å²) in [6.07, 6.45) is 1.67. The van der Waals surface area contributed by atoms with E-state index in [2.05, 4.69) is 30.8 Å². The average molecular weight is 417 g/mol. The van der Waals surface area contributed by atoms with Crippen molar-refractivity contribution in [2.75, 3.05) is 57.8 Å². The smallest absolute Gasteiger partial charge is 0.249 e. The van der Waals surface area contributed by atoms with Gasteiger partial charge in [-0.15, -0.1) is 5.11 Å². The fourth-order valence-electron chi connectivity index (χ4n) is 2.52. The molecule has 2 N–H and O–H groups in total. The number of benzene rings is 1. The molecule has 2 rings (SSSR count). The lowest BCUT2D eigenvalue weighted by atomic mass is 10.2. The maximum atomic E-state index is 5.75.